The van der Waals surface area contributed by atoms with Crippen molar-refractivity contribution >= 4 is 27.4 Å². The van der Waals surface area contributed by atoms with Crippen LogP contribution in [0.1, 0.15) is 44.5 Å². The Labute approximate surface area is 228 Å². The van der Waals surface area contributed by atoms with Crippen LogP contribution < -0.4 is 21.1 Å². The zero-order valence-electron chi connectivity index (χ0n) is 22.5. The highest BCUT2D eigenvalue weighted by Gasteiger charge is 2.33. The number of nitrogens with zero attached hydrogens (tertiary/aromatic N) is 3. The highest BCUT2D eigenvalue weighted by Crippen LogP contribution is 2.36. The van der Waals surface area contributed by atoms with Gasteiger partial charge >= 0.3 is 0 Å². The van der Waals surface area contributed by atoms with Crippen molar-refractivity contribution in [1.29, 1.82) is 0 Å². The zero-order valence-corrected chi connectivity index (χ0v) is 23.3. The number of carbonyl (C=O) groups excluding carboxylic acids is 1. The minimum atomic E-state index is -4.38. The third-order valence-electron chi connectivity index (χ3n) is 6.44. The molecule has 4 rings (SSSR count). The Kier molecular flexibility index (Phi) is 8.10. The topological polar surface area (TPSA) is 142 Å². The van der Waals surface area contributed by atoms with E-state index in [4.69, 9.17) is 21.2 Å². The molecular formula is C28H34FN5O4S. The Morgan fingerprint density at radius 3 is 2.44 bits per heavy atom. The van der Waals surface area contributed by atoms with Crippen molar-refractivity contribution in [2.75, 3.05) is 30.3 Å². The van der Waals surface area contributed by atoms with Crippen molar-refractivity contribution in [3.05, 3.63) is 53.8 Å². The predicted molar refractivity (Wildman–Crippen MR) is 148 cm³/mol. The van der Waals surface area contributed by atoms with Crippen molar-refractivity contribution in [3.8, 4) is 17.0 Å². The first-order valence-corrected chi connectivity index (χ1v) is 14.3. The Balaban J connectivity index is 1.99. The largest absolute Gasteiger partial charge is 0.493 e. The zero-order chi connectivity index (χ0) is 28.5. The van der Waals surface area contributed by atoms with Crippen LogP contribution in [0, 0.1) is 23.6 Å². The second-order valence-electron chi connectivity index (χ2n) is 10.7. The number of nitrogen functional groups attached to an aromatic ring is 1. The third-order valence-corrected chi connectivity index (χ3v) is 8.12. The number of halogens is 1. The fourth-order valence-corrected chi connectivity index (χ4v) is 6.35. The number of amides is 1. The third kappa shape index (κ3) is 6.30. The molecule has 11 heteroatoms. The number of hydrogen-bond acceptors (Lipinski definition) is 8. The summed E-state index contributed by atoms with van der Waals surface area (Å²) in [6.45, 7) is 9.56. The van der Waals surface area contributed by atoms with Gasteiger partial charge in [-0.15, -0.1) is 0 Å². The average Bonchev–Trinajstić information content (AvgIpc) is 2.85. The molecule has 2 atom stereocenters. The molecule has 1 aromatic carbocycles. The standard InChI is InChI=1S/C28H34FN5O4S/c1-16(2)15-38-21-10-19(9-20(29)11-21)22-12-23(39(36,37)25-7-5-6-24(30)33-25)26(27(31)35)28(32-22)34-13-17(3)8-18(4)14-34/h5-7,9-12,16-18H,8,13-15H2,1-4H3,(H2,30,33)(H2,31,35)/t17-,18+. The minimum Gasteiger partial charge on any atom is -0.493 e. The summed E-state index contributed by atoms with van der Waals surface area (Å²) in [5.41, 5.74) is 11.8. The molecule has 9 nitrogen and oxygen atoms in total. The normalized spacial score (nSPS) is 17.8. The summed E-state index contributed by atoms with van der Waals surface area (Å²) in [6, 6.07) is 9.54. The van der Waals surface area contributed by atoms with Crippen LogP contribution in [0.15, 0.2) is 52.4 Å². The number of piperidine rings is 1. The van der Waals surface area contributed by atoms with Crippen molar-refractivity contribution in [1.82, 2.24) is 9.97 Å². The quantitative estimate of drug-likeness (QED) is 0.419. The highest BCUT2D eigenvalue weighted by atomic mass is 32.2. The van der Waals surface area contributed by atoms with E-state index in [1.165, 1.54) is 36.4 Å². The highest BCUT2D eigenvalue weighted by molar-refractivity contribution is 7.91. The molecule has 1 amide bonds. The van der Waals surface area contributed by atoms with Gasteiger partial charge < -0.3 is 21.1 Å². The second kappa shape index (κ2) is 11.2. The van der Waals surface area contributed by atoms with Gasteiger partial charge in [0.25, 0.3) is 5.91 Å². The summed E-state index contributed by atoms with van der Waals surface area (Å²) in [5, 5.41) is -0.339. The number of anilines is 2. The number of carbonyl (C=O) groups is 1. The van der Waals surface area contributed by atoms with Crippen LogP contribution in [-0.4, -0.2) is 44.0 Å². The number of pyridine rings is 2. The van der Waals surface area contributed by atoms with E-state index in [1.54, 1.807) is 6.07 Å². The number of aromatic nitrogens is 2. The van der Waals surface area contributed by atoms with E-state index in [-0.39, 0.29) is 56.3 Å². The number of benzene rings is 1. The van der Waals surface area contributed by atoms with Gasteiger partial charge in [0, 0.05) is 24.7 Å². The van der Waals surface area contributed by atoms with Gasteiger partial charge in [0.05, 0.1) is 17.2 Å². The molecule has 39 heavy (non-hydrogen) atoms. The molecule has 4 N–H and O–H groups in total. The van der Waals surface area contributed by atoms with Gasteiger partial charge in [-0.25, -0.2) is 22.8 Å². The lowest BCUT2D eigenvalue weighted by atomic mass is 9.91. The number of rotatable bonds is 8. The van der Waals surface area contributed by atoms with E-state index in [2.05, 4.69) is 18.8 Å². The van der Waals surface area contributed by atoms with Gasteiger partial charge in [0.1, 0.15) is 28.8 Å². The molecular weight excluding hydrogens is 521 g/mol. The van der Waals surface area contributed by atoms with Gasteiger partial charge in [-0.3, -0.25) is 4.79 Å². The monoisotopic (exact) mass is 555 g/mol. The lowest BCUT2D eigenvalue weighted by molar-refractivity contribution is 0.0997. The van der Waals surface area contributed by atoms with Gasteiger partial charge in [0.2, 0.25) is 9.84 Å². The Hall–Kier alpha value is -3.73. The Morgan fingerprint density at radius 1 is 1.13 bits per heavy atom. The first kappa shape index (κ1) is 28.3. The molecule has 1 aliphatic rings. The smallest absolute Gasteiger partial charge is 0.253 e. The molecule has 1 saturated heterocycles. The Morgan fingerprint density at radius 2 is 1.82 bits per heavy atom. The van der Waals surface area contributed by atoms with E-state index in [1.807, 2.05) is 18.7 Å². The molecule has 0 aliphatic carbocycles. The van der Waals surface area contributed by atoms with Crippen molar-refractivity contribution < 1.29 is 22.3 Å². The molecule has 0 unspecified atom stereocenters. The van der Waals surface area contributed by atoms with Crippen LogP contribution in [0.2, 0.25) is 0 Å². The summed E-state index contributed by atoms with van der Waals surface area (Å²) in [5.74, 6) is -0.364. The lowest BCUT2D eigenvalue weighted by Gasteiger charge is -2.37. The van der Waals surface area contributed by atoms with E-state index in [9.17, 15) is 17.6 Å². The van der Waals surface area contributed by atoms with Crippen molar-refractivity contribution in [2.45, 2.75) is 44.0 Å². The van der Waals surface area contributed by atoms with E-state index >= 15 is 0 Å². The summed E-state index contributed by atoms with van der Waals surface area (Å²) in [7, 11) is -4.38. The van der Waals surface area contributed by atoms with Gasteiger partial charge in [0.15, 0.2) is 5.03 Å². The van der Waals surface area contributed by atoms with Gasteiger partial charge in [-0.2, -0.15) is 0 Å². The summed E-state index contributed by atoms with van der Waals surface area (Å²) >= 11 is 0. The number of primary amides is 1. The molecule has 208 valence electrons. The van der Waals surface area contributed by atoms with Crippen LogP contribution in [-0.2, 0) is 9.84 Å². The predicted octanol–water partition coefficient (Wildman–Crippen LogP) is 4.31. The first-order valence-electron chi connectivity index (χ1n) is 12.9. The summed E-state index contributed by atoms with van der Waals surface area (Å²) < 4.78 is 48.2. The van der Waals surface area contributed by atoms with E-state index in [0.29, 0.717) is 25.3 Å². The number of nitrogens with two attached hydrogens (primary N) is 2. The number of hydrogen-bond donors (Lipinski definition) is 2. The first-order chi connectivity index (χ1) is 18.3. The second-order valence-corrected chi connectivity index (χ2v) is 12.6. The summed E-state index contributed by atoms with van der Waals surface area (Å²) in [6.07, 6.45) is 0.973. The van der Waals surface area contributed by atoms with Crippen LogP contribution >= 0.6 is 0 Å². The molecule has 1 aliphatic heterocycles. The fraction of sp³-hybridized carbons (Fsp3) is 0.393. The van der Waals surface area contributed by atoms with Crippen molar-refractivity contribution in [2.24, 2.45) is 23.5 Å². The maximum Gasteiger partial charge on any atom is 0.253 e. The molecule has 0 radical (unpaired) electrons. The molecule has 1 fully saturated rings. The van der Waals surface area contributed by atoms with Crippen LogP contribution in [0.3, 0.4) is 0 Å². The molecule has 3 aromatic rings. The molecule has 3 heterocycles. The van der Waals surface area contributed by atoms with Gasteiger partial charge in [-0.05, 0) is 54.5 Å². The number of sulfone groups is 1. The number of ether oxygens (including phenoxy) is 1. The van der Waals surface area contributed by atoms with Crippen LogP contribution in [0.4, 0.5) is 16.0 Å². The van der Waals surface area contributed by atoms with Crippen molar-refractivity contribution in [3.63, 3.8) is 0 Å². The lowest BCUT2D eigenvalue weighted by Crippen LogP contribution is -2.40. The Bertz CT molecular complexity index is 1490. The maximum atomic E-state index is 14.7. The SMILES string of the molecule is CC(C)COc1cc(F)cc(-c2cc(S(=O)(=O)c3cccc(N)n3)c(C(N)=O)c(N3C[C@H](C)C[C@H](C)C3)n2)c1. The minimum absolute atomic E-state index is 0.00181. The maximum absolute atomic E-state index is 14.7. The van der Waals surface area contributed by atoms with Gasteiger partial charge in [-0.1, -0.05) is 33.8 Å². The molecule has 0 bridgehead atoms. The van der Waals surface area contributed by atoms with Crippen LogP contribution in [0.5, 0.6) is 5.75 Å². The van der Waals surface area contributed by atoms with Crippen LogP contribution in [0.25, 0.3) is 11.3 Å². The molecule has 0 spiro atoms. The average molecular weight is 556 g/mol. The van der Waals surface area contributed by atoms with E-state index in [0.717, 1.165) is 6.42 Å². The fourth-order valence-electron chi connectivity index (χ4n) is 4.91. The van der Waals surface area contributed by atoms with E-state index < -0.39 is 21.6 Å². The molecule has 2 aromatic heterocycles. The summed E-state index contributed by atoms with van der Waals surface area (Å²) in [4.78, 5) is 23.1. The molecule has 0 saturated carbocycles.